The molecule has 0 saturated heterocycles. The van der Waals surface area contributed by atoms with E-state index in [-0.39, 0.29) is 12.2 Å². The third kappa shape index (κ3) is 1.78. The van der Waals surface area contributed by atoms with Crippen LogP contribution in [0.5, 0.6) is 0 Å². The highest BCUT2D eigenvalue weighted by atomic mass is 16.3. The van der Waals surface area contributed by atoms with Gasteiger partial charge in [-0.25, -0.2) is 4.52 Å². The summed E-state index contributed by atoms with van der Waals surface area (Å²) in [7, 11) is 0. The van der Waals surface area contributed by atoms with E-state index in [1.54, 1.807) is 10.7 Å². The number of nitrogens with zero attached hydrogens (tertiary/aromatic N) is 2. The monoisotopic (exact) mass is 207 g/mol. The molecule has 15 heavy (non-hydrogen) atoms. The topological polar surface area (TPSA) is 70.4 Å². The second-order valence-corrected chi connectivity index (χ2v) is 3.40. The molecule has 0 aliphatic heterocycles. The van der Waals surface area contributed by atoms with E-state index in [1.807, 2.05) is 13.0 Å². The number of fused-ring (bicyclic) bond motifs is 1. The van der Waals surface area contributed by atoms with E-state index >= 15 is 0 Å². The van der Waals surface area contributed by atoms with Crippen LogP contribution in [0.2, 0.25) is 0 Å². The number of hydrogen-bond acceptors (Lipinski definition) is 3. The summed E-state index contributed by atoms with van der Waals surface area (Å²) in [5.74, 6) is 0. The normalized spacial score (nSPS) is 11.1. The summed E-state index contributed by atoms with van der Waals surface area (Å²) in [5, 5.41) is 13.1. The van der Waals surface area contributed by atoms with E-state index < -0.39 is 0 Å². The number of aryl methyl sites for hydroxylation is 1. The van der Waals surface area contributed by atoms with Crippen molar-refractivity contribution in [2.24, 2.45) is 0 Å². The minimum Gasteiger partial charge on any atom is -0.396 e. The van der Waals surface area contributed by atoms with Crippen molar-refractivity contribution in [2.45, 2.75) is 19.8 Å². The molecule has 2 heterocycles. The molecule has 2 aromatic rings. The lowest BCUT2D eigenvalue weighted by Gasteiger charge is -1.98. The Labute approximate surface area is 86.4 Å². The maximum Gasteiger partial charge on any atom is 0.254 e. The second-order valence-electron chi connectivity index (χ2n) is 3.40. The molecule has 0 amide bonds. The highest BCUT2D eigenvalue weighted by Gasteiger charge is 2.04. The molecule has 2 aromatic heterocycles. The van der Waals surface area contributed by atoms with Crippen LogP contribution in [-0.4, -0.2) is 26.3 Å². The van der Waals surface area contributed by atoms with Gasteiger partial charge in [0.05, 0.1) is 5.69 Å². The van der Waals surface area contributed by atoms with Crippen molar-refractivity contribution in [1.82, 2.24) is 14.6 Å². The molecule has 0 radical (unpaired) electrons. The minimum absolute atomic E-state index is 0.0313. The maximum atomic E-state index is 11.5. The molecule has 0 bridgehead atoms. The molecule has 80 valence electrons. The van der Waals surface area contributed by atoms with Crippen molar-refractivity contribution in [3.63, 3.8) is 0 Å². The van der Waals surface area contributed by atoms with Gasteiger partial charge in [-0.05, 0) is 6.42 Å². The Hall–Kier alpha value is -1.62. The molecular formula is C10H13N3O2. The first-order chi connectivity index (χ1) is 7.24. The molecule has 2 rings (SSSR count). The zero-order chi connectivity index (χ0) is 10.8. The van der Waals surface area contributed by atoms with Crippen molar-refractivity contribution >= 4 is 5.65 Å². The summed E-state index contributed by atoms with van der Waals surface area (Å²) < 4.78 is 1.64. The standard InChI is InChI=1S/C10H13N3O2/c1-2-8-5-9-11-10(15)7(3-4-14)6-13(9)12-8/h5-6,14H,2-4H2,1H3,(H,11,15). The predicted molar refractivity (Wildman–Crippen MR) is 56.0 cm³/mol. The van der Waals surface area contributed by atoms with Gasteiger partial charge in [-0.1, -0.05) is 6.92 Å². The van der Waals surface area contributed by atoms with Gasteiger partial charge in [-0.15, -0.1) is 0 Å². The Balaban J connectivity index is 2.58. The molecule has 0 aromatic carbocycles. The Morgan fingerprint density at radius 2 is 2.40 bits per heavy atom. The number of rotatable bonds is 3. The predicted octanol–water partition coefficient (Wildman–Crippen LogP) is 0.120. The van der Waals surface area contributed by atoms with Gasteiger partial charge in [0, 0.05) is 30.9 Å². The van der Waals surface area contributed by atoms with Gasteiger partial charge < -0.3 is 10.1 Å². The van der Waals surface area contributed by atoms with E-state index in [2.05, 4.69) is 10.1 Å². The Bertz CT molecular complexity index is 527. The van der Waals surface area contributed by atoms with Crippen molar-refractivity contribution in [3.8, 4) is 0 Å². The SMILES string of the molecule is CCc1cc2[nH]c(=O)c(CCO)cn2n1. The minimum atomic E-state index is -0.154. The largest absolute Gasteiger partial charge is 0.396 e. The van der Waals surface area contributed by atoms with Gasteiger partial charge >= 0.3 is 0 Å². The van der Waals surface area contributed by atoms with Crippen LogP contribution in [0.1, 0.15) is 18.2 Å². The number of H-pyrrole nitrogens is 1. The van der Waals surface area contributed by atoms with Crippen LogP contribution in [0.3, 0.4) is 0 Å². The number of aromatic amines is 1. The van der Waals surface area contributed by atoms with E-state index in [9.17, 15) is 4.79 Å². The Morgan fingerprint density at radius 3 is 3.07 bits per heavy atom. The van der Waals surface area contributed by atoms with Gasteiger partial charge in [-0.2, -0.15) is 5.10 Å². The lowest BCUT2D eigenvalue weighted by molar-refractivity contribution is 0.299. The van der Waals surface area contributed by atoms with Crippen molar-refractivity contribution in [2.75, 3.05) is 6.61 Å². The lowest BCUT2D eigenvalue weighted by atomic mass is 10.2. The quantitative estimate of drug-likeness (QED) is 0.751. The smallest absolute Gasteiger partial charge is 0.254 e. The van der Waals surface area contributed by atoms with Crippen LogP contribution in [-0.2, 0) is 12.8 Å². The molecule has 5 nitrogen and oxygen atoms in total. The van der Waals surface area contributed by atoms with Crippen LogP contribution in [0.25, 0.3) is 5.65 Å². The number of aromatic nitrogens is 3. The third-order valence-electron chi connectivity index (χ3n) is 2.34. The van der Waals surface area contributed by atoms with E-state index in [4.69, 9.17) is 5.11 Å². The molecule has 0 saturated carbocycles. The summed E-state index contributed by atoms with van der Waals surface area (Å²) in [5.41, 5.74) is 2.03. The van der Waals surface area contributed by atoms with E-state index in [0.717, 1.165) is 12.1 Å². The van der Waals surface area contributed by atoms with Crippen molar-refractivity contribution in [3.05, 3.63) is 33.9 Å². The molecule has 0 aliphatic rings. The van der Waals surface area contributed by atoms with E-state index in [1.165, 1.54) is 0 Å². The average Bonchev–Trinajstić information content (AvgIpc) is 2.61. The molecule has 2 N–H and O–H groups in total. The molecule has 5 heteroatoms. The Kier molecular flexibility index (Phi) is 2.55. The summed E-state index contributed by atoms with van der Waals surface area (Å²) in [6.45, 7) is 1.98. The molecule has 0 spiro atoms. The van der Waals surface area contributed by atoms with Gasteiger partial charge in [0.25, 0.3) is 5.56 Å². The fraction of sp³-hybridized carbons (Fsp3) is 0.400. The summed E-state index contributed by atoms with van der Waals surface area (Å²) in [6.07, 6.45) is 2.86. The first-order valence-electron chi connectivity index (χ1n) is 4.96. The van der Waals surface area contributed by atoms with Crippen molar-refractivity contribution < 1.29 is 5.11 Å². The third-order valence-corrected chi connectivity index (χ3v) is 2.34. The first-order valence-corrected chi connectivity index (χ1v) is 4.96. The summed E-state index contributed by atoms with van der Waals surface area (Å²) in [6, 6.07) is 1.85. The number of aliphatic hydroxyl groups is 1. The van der Waals surface area contributed by atoms with E-state index in [0.29, 0.717) is 17.6 Å². The lowest BCUT2D eigenvalue weighted by Crippen LogP contribution is -2.15. The fourth-order valence-electron chi connectivity index (χ4n) is 1.51. The summed E-state index contributed by atoms with van der Waals surface area (Å²) >= 11 is 0. The van der Waals surface area contributed by atoms with Crippen LogP contribution in [0.4, 0.5) is 0 Å². The van der Waals surface area contributed by atoms with Crippen LogP contribution < -0.4 is 5.56 Å². The number of aliphatic hydroxyl groups excluding tert-OH is 1. The molecule has 0 unspecified atom stereocenters. The zero-order valence-electron chi connectivity index (χ0n) is 8.53. The molecule has 0 atom stereocenters. The highest BCUT2D eigenvalue weighted by molar-refractivity contribution is 5.39. The first kappa shape index (κ1) is 9.92. The van der Waals surface area contributed by atoms with Gasteiger partial charge in [0.2, 0.25) is 0 Å². The molecular weight excluding hydrogens is 194 g/mol. The molecule has 0 fully saturated rings. The van der Waals surface area contributed by atoms with Crippen molar-refractivity contribution in [1.29, 1.82) is 0 Å². The highest BCUT2D eigenvalue weighted by Crippen LogP contribution is 2.03. The second kappa shape index (κ2) is 3.86. The van der Waals surface area contributed by atoms with Gasteiger partial charge in [-0.3, -0.25) is 4.79 Å². The average molecular weight is 207 g/mol. The van der Waals surface area contributed by atoms with Crippen LogP contribution >= 0.6 is 0 Å². The fourth-order valence-corrected chi connectivity index (χ4v) is 1.51. The number of nitrogens with one attached hydrogen (secondary N) is 1. The number of hydrogen-bond donors (Lipinski definition) is 2. The van der Waals surface area contributed by atoms with Crippen LogP contribution in [0.15, 0.2) is 17.1 Å². The van der Waals surface area contributed by atoms with Crippen LogP contribution in [0, 0.1) is 0 Å². The van der Waals surface area contributed by atoms with Gasteiger partial charge in [0.15, 0.2) is 0 Å². The Morgan fingerprint density at radius 1 is 1.60 bits per heavy atom. The van der Waals surface area contributed by atoms with Gasteiger partial charge in [0.1, 0.15) is 5.65 Å². The summed E-state index contributed by atoms with van der Waals surface area (Å²) in [4.78, 5) is 14.2. The molecule has 0 aliphatic carbocycles. The zero-order valence-corrected chi connectivity index (χ0v) is 8.53. The maximum absolute atomic E-state index is 11.5.